The molecule has 0 saturated carbocycles. The Morgan fingerprint density at radius 2 is 2.03 bits per heavy atom. The van der Waals surface area contributed by atoms with Crippen LogP contribution in [-0.2, 0) is 34.0 Å². The van der Waals surface area contributed by atoms with Crippen LogP contribution in [0.25, 0.3) is 0 Å². The Morgan fingerprint density at radius 3 is 2.88 bits per heavy atom. The molecule has 0 spiro atoms. The van der Waals surface area contributed by atoms with Gasteiger partial charge in [0.1, 0.15) is 6.02 Å². The van der Waals surface area contributed by atoms with E-state index in [-0.39, 0.29) is 53.9 Å². The molecular formula is C25H28N4O4. The molecule has 0 radical (unpaired) electrons. The zero-order valence-electron chi connectivity index (χ0n) is 26.7. The number of carbonyl (C=O) groups is 3. The van der Waals surface area contributed by atoms with Crippen molar-refractivity contribution in [1.29, 1.82) is 0 Å². The van der Waals surface area contributed by atoms with Gasteiger partial charge in [-0.2, -0.15) is 0 Å². The lowest BCUT2D eigenvalue weighted by atomic mass is 10.0. The molecule has 2 aromatic carbocycles. The molecule has 1 atom stereocenters. The van der Waals surface area contributed by atoms with Gasteiger partial charge >= 0.3 is 0 Å². The van der Waals surface area contributed by atoms with Gasteiger partial charge < -0.3 is 15.0 Å². The van der Waals surface area contributed by atoms with Crippen molar-refractivity contribution in [3.8, 4) is 0 Å². The zero-order valence-corrected chi connectivity index (χ0v) is 17.7. The predicted molar refractivity (Wildman–Crippen MR) is 122 cm³/mol. The Labute approximate surface area is 205 Å². The van der Waals surface area contributed by atoms with E-state index >= 15 is 0 Å². The SMILES string of the molecule is [2H]c1c([2H])c(CNc2cccc3c2CN(C2([2H])C(=O)NC(=O)C([2H])([2H])C2([2H])[2H])C3=O)c([2H])c(CN2CCOCC2)c1[2H]. The van der Waals surface area contributed by atoms with Gasteiger partial charge in [0.25, 0.3) is 5.91 Å². The zero-order chi connectivity index (χ0) is 30.8. The van der Waals surface area contributed by atoms with Gasteiger partial charge in [-0.05, 0) is 29.6 Å². The topological polar surface area (TPSA) is 91.0 Å². The third-order valence-electron chi connectivity index (χ3n) is 5.64. The Balaban J connectivity index is 1.45. The third-order valence-corrected chi connectivity index (χ3v) is 5.64. The van der Waals surface area contributed by atoms with Crippen molar-refractivity contribution in [3.05, 3.63) is 64.6 Å². The predicted octanol–water partition coefficient (Wildman–Crippen LogP) is 1.89. The first kappa shape index (κ1) is 13.5. The summed E-state index contributed by atoms with van der Waals surface area (Å²) in [5.41, 5.74) is 1.08. The van der Waals surface area contributed by atoms with E-state index in [9.17, 15) is 14.4 Å². The van der Waals surface area contributed by atoms with Crippen LogP contribution in [-0.4, -0.2) is 59.8 Å². The second-order valence-corrected chi connectivity index (χ2v) is 7.80. The third kappa shape index (κ3) is 4.62. The number of benzene rings is 2. The monoisotopic (exact) mass is 457 g/mol. The fourth-order valence-corrected chi connectivity index (χ4v) is 4.00. The van der Waals surface area contributed by atoms with E-state index in [4.69, 9.17) is 17.1 Å². The Bertz CT molecular complexity index is 1500. The lowest BCUT2D eigenvalue weighted by Gasteiger charge is -2.29. The van der Waals surface area contributed by atoms with Crippen LogP contribution in [0.5, 0.6) is 0 Å². The van der Waals surface area contributed by atoms with Gasteiger partial charge in [-0.3, -0.25) is 24.6 Å². The fourth-order valence-electron chi connectivity index (χ4n) is 4.00. The number of ether oxygens (including phenoxy) is 1. The van der Waals surface area contributed by atoms with Crippen molar-refractivity contribution in [2.75, 3.05) is 31.6 Å². The van der Waals surface area contributed by atoms with Gasteiger partial charge in [0.2, 0.25) is 11.8 Å². The standard InChI is InChI=1S/C25H28N4O4/c30-23-8-7-22(24(31)27-23)29-16-20-19(25(29)32)5-2-6-21(20)26-14-17-3-1-4-18(13-17)15-28-9-11-33-12-10-28/h1-6,13,22,26H,7-12,14-16H2,(H,27,30,31)/i1D,3D,4D,7D2,8D2,13D,22D. The van der Waals surface area contributed by atoms with E-state index in [1.165, 1.54) is 12.1 Å². The minimum Gasteiger partial charge on any atom is -0.381 e. The smallest absolute Gasteiger partial charge is 0.255 e. The Morgan fingerprint density at radius 1 is 1.21 bits per heavy atom. The number of anilines is 1. The minimum absolute atomic E-state index is 0.0283. The number of morpholine rings is 1. The van der Waals surface area contributed by atoms with E-state index in [0.29, 0.717) is 42.5 Å². The summed E-state index contributed by atoms with van der Waals surface area (Å²) in [5.74, 6) is -3.91. The summed E-state index contributed by atoms with van der Waals surface area (Å²) >= 11 is 0. The van der Waals surface area contributed by atoms with Crippen molar-refractivity contribution in [1.82, 2.24) is 15.1 Å². The number of fused-ring (bicyclic) bond motifs is 1. The van der Waals surface area contributed by atoms with Crippen LogP contribution >= 0.6 is 0 Å². The molecule has 3 amide bonds. The summed E-state index contributed by atoms with van der Waals surface area (Å²) in [6, 6.07) is 0.509. The summed E-state index contributed by atoms with van der Waals surface area (Å²) in [6.07, 6.45) is -6.69. The van der Waals surface area contributed by atoms with Gasteiger partial charge in [-0.25, -0.2) is 0 Å². The van der Waals surface area contributed by atoms with Crippen molar-refractivity contribution in [3.63, 3.8) is 0 Å². The van der Waals surface area contributed by atoms with Gasteiger partial charge in [0, 0.05) is 61.4 Å². The highest BCUT2D eigenvalue weighted by molar-refractivity contribution is 6.06. The highest BCUT2D eigenvalue weighted by Gasteiger charge is 2.39. The number of imide groups is 1. The molecule has 3 aliphatic heterocycles. The maximum absolute atomic E-state index is 13.4. The van der Waals surface area contributed by atoms with Crippen molar-refractivity contribution in [2.45, 2.75) is 38.4 Å². The second kappa shape index (κ2) is 9.33. The number of amides is 3. The highest BCUT2D eigenvalue weighted by atomic mass is 16.5. The number of hydrogen-bond donors (Lipinski definition) is 2. The molecule has 3 heterocycles. The molecule has 172 valence electrons. The molecule has 8 nitrogen and oxygen atoms in total. The largest absolute Gasteiger partial charge is 0.381 e. The lowest BCUT2D eigenvalue weighted by Crippen LogP contribution is -2.52. The average molecular weight is 458 g/mol. The number of nitrogens with zero attached hydrogens (tertiary/aromatic N) is 2. The van der Waals surface area contributed by atoms with Crippen LogP contribution in [0.3, 0.4) is 0 Å². The molecule has 3 aliphatic rings. The highest BCUT2D eigenvalue weighted by Crippen LogP contribution is 2.32. The number of rotatable bonds is 6. The van der Waals surface area contributed by atoms with Gasteiger partial charge in [0.05, 0.1) is 20.1 Å². The second-order valence-electron chi connectivity index (χ2n) is 7.80. The van der Waals surface area contributed by atoms with Gasteiger partial charge in [-0.1, -0.05) is 30.2 Å². The molecule has 33 heavy (non-hydrogen) atoms. The van der Waals surface area contributed by atoms with E-state index < -0.39 is 43.0 Å². The number of nitrogens with one attached hydrogen (secondary N) is 2. The average Bonchev–Trinajstić information content (AvgIpc) is 3.30. The molecule has 2 N–H and O–H groups in total. The molecule has 5 rings (SSSR count). The van der Waals surface area contributed by atoms with E-state index in [0.717, 1.165) is 0 Å². The van der Waals surface area contributed by atoms with E-state index in [1.807, 2.05) is 4.90 Å². The molecule has 2 fully saturated rings. The maximum Gasteiger partial charge on any atom is 0.255 e. The molecule has 8 heteroatoms. The van der Waals surface area contributed by atoms with Crippen LogP contribution in [0.15, 0.2) is 42.4 Å². The van der Waals surface area contributed by atoms with Crippen LogP contribution in [0.1, 0.15) is 52.1 Å². The normalized spacial score (nSPS) is 30.4. The van der Waals surface area contributed by atoms with Gasteiger partial charge in [0.15, 0.2) is 0 Å². The van der Waals surface area contributed by atoms with E-state index in [2.05, 4.69) is 5.32 Å². The summed E-state index contributed by atoms with van der Waals surface area (Å²) in [6.45, 7) is 1.89. The quantitative estimate of drug-likeness (QED) is 0.644. The van der Waals surface area contributed by atoms with Crippen LogP contribution < -0.4 is 10.6 Å². The molecular weight excluding hydrogens is 420 g/mol. The summed E-state index contributed by atoms with van der Waals surface area (Å²) < 4.78 is 80.3. The fraction of sp³-hybridized carbons (Fsp3) is 0.400. The Kier molecular flexibility index (Phi) is 3.81. The molecule has 2 saturated heterocycles. The van der Waals surface area contributed by atoms with Crippen LogP contribution in [0.4, 0.5) is 5.69 Å². The number of hydrogen-bond acceptors (Lipinski definition) is 6. The Hall–Kier alpha value is -3.23. The van der Waals surface area contributed by atoms with Crippen molar-refractivity contribution < 1.29 is 31.5 Å². The lowest BCUT2D eigenvalue weighted by molar-refractivity contribution is -0.136. The number of carbonyl (C=O) groups excluding carboxylic acids is 3. The molecule has 1 unspecified atom stereocenters. The molecule has 0 bridgehead atoms. The first-order valence-electron chi connectivity index (χ1n) is 15.1. The first-order valence-corrected chi connectivity index (χ1v) is 10.6. The van der Waals surface area contributed by atoms with E-state index in [1.54, 1.807) is 11.4 Å². The van der Waals surface area contributed by atoms with Crippen LogP contribution in [0, 0.1) is 0 Å². The molecule has 0 aromatic heterocycles. The van der Waals surface area contributed by atoms with Crippen LogP contribution in [0.2, 0.25) is 0 Å². The summed E-state index contributed by atoms with van der Waals surface area (Å²) in [4.78, 5) is 40.8. The number of piperidine rings is 1. The maximum atomic E-state index is 13.4. The molecule has 2 aromatic rings. The molecule has 0 aliphatic carbocycles. The minimum atomic E-state index is -3.40. The van der Waals surface area contributed by atoms with Crippen molar-refractivity contribution in [2.24, 2.45) is 0 Å². The van der Waals surface area contributed by atoms with Crippen molar-refractivity contribution >= 4 is 23.4 Å². The summed E-state index contributed by atoms with van der Waals surface area (Å²) in [5, 5.41) is 4.73. The summed E-state index contributed by atoms with van der Waals surface area (Å²) in [7, 11) is 0. The first-order chi connectivity index (χ1) is 19.6. The van der Waals surface area contributed by atoms with Gasteiger partial charge in [-0.15, -0.1) is 0 Å².